The van der Waals surface area contributed by atoms with Crippen LogP contribution in [0.4, 0.5) is 5.00 Å². The number of fused-ring (bicyclic) bond motifs is 1. The third kappa shape index (κ3) is 4.61. The molecular weight excluding hydrogens is 450 g/mol. The van der Waals surface area contributed by atoms with Gasteiger partial charge in [0.2, 0.25) is 0 Å². The molecule has 0 bridgehead atoms. The van der Waals surface area contributed by atoms with Crippen molar-refractivity contribution in [1.29, 1.82) is 0 Å². The number of thiophene rings is 1. The first-order valence-corrected chi connectivity index (χ1v) is 11.6. The fourth-order valence-electron chi connectivity index (χ4n) is 3.76. The van der Waals surface area contributed by atoms with Gasteiger partial charge in [-0.2, -0.15) is 0 Å². The monoisotopic (exact) mass is 475 g/mol. The van der Waals surface area contributed by atoms with Crippen molar-refractivity contribution in [1.82, 2.24) is 0 Å². The highest BCUT2D eigenvalue weighted by Crippen LogP contribution is 2.43. The van der Waals surface area contributed by atoms with E-state index in [1.807, 2.05) is 43.3 Å². The van der Waals surface area contributed by atoms with Gasteiger partial charge >= 0.3 is 5.97 Å². The van der Waals surface area contributed by atoms with E-state index in [2.05, 4.69) is 4.99 Å². The number of esters is 1. The Hall–Kier alpha value is -3.84. The van der Waals surface area contributed by atoms with Gasteiger partial charge in [0.15, 0.2) is 0 Å². The summed E-state index contributed by atoms with van der Waals surface area (Å²) in [5, 5.41) is 12.8. The molecule has 4 rings (SSSR count). The SMILES string of the molecule is CCOC(=O)c1c(N=Cc2cc(OC)ccc2O)sc(C)c1-c1ccc2cc(OC)ccc2c1. The minimum atomic E-state index is -0.432. The van der Waals surface area contributed by atoms with Crippen molar-refractivity contribution in [2.45, 2.75) is 13.8 Å². The van der Waals surface area contributed by atoms with E-state index < -0.39 is 5.97 Å². The maximum Gasteiger partial charge on any atom is 0.341 e. The molecule has 3 aromatic carbocycles. The van der Waals surface area contributed by atoms with Gasteiger partial charge in [0.1, 0.15) is 27.8 Å². The Morgan fingerprint density at radius 1 is 1.00 bits per heavy atom. The number of nitrogens with zero attached hydrogens (tertiary/aromatic N) is 1. The second-order valence-corrected chi connectivity index (χ2v) is 8.75. The van der Waals surface area contributed by atoms with Crippen LogP contribution in [0, 0.1) is 6.92 Å². The maximum absolute atomic E-state index is 13.0. The fourth-order valence-corrected chi connectivity index (χ4v) is 4.76. The number of methoxy groups -OCH3 is 2. The van der Waals surface area contributed by atoms with E-state index in [0.29, 0.717) is 21.9 Å². The second kappa shape index (κ2) is 9.97. The van der Waals surface area contributed by atoms with Crippen LogP contribution in [-0.2, 0) is 4.74 Å². The Morgan fingerprint density at radius 3 is 2.41 bits per heavy atom. The van der Waals surface area contributed by atoms with Crippen LogP contribution in [0.5, 0.6) is 17.2 Å². The lowest BCUT2D eigenvalue weighted by molar-refractivity contribution is 0.0528. The van der Waals surface area contributed by atoms with Gasteiger partial charge in [-0.3, -0.25) is 0 Å². The molecule has 6 nitrogen and oxygen atoms in total. The highest BCUT2D eigenvalue weighted by atomic mass is 32.1. The van der Waals surface area contributed by atoms with E-state index in [9.17, 15) is 9.90 Å². The Kier molecular flexibility index (Phi) is 6.84. The summed E-state index contributed by atoms with van der Waals surface area (Å²) < 4.78 is 15.9. The van der Waals surface area contributed by atoms with Gasteiger partial charge in [0.05, 0.1) is 20.8 Å². The zero-order chi connectivity index (χ0) is 24.2. The number of phenols is 1. The molecule has 0 spiro atoms. The number of hydrogen-bond donors (Lipinski definition) is 1. The number of rotatable bonds is 7. The van der Waals surface area contributed by atoms with Crippen molar-refractivity contribution in [3.8, 4) is 28.4 Å². The molecule has 1 aromatic heterocycles. The smallest absolute Gasteiger partial charge is 0.341 e. The van der Waals surface area contributed by atoms with Gasteiger partial charge in [0, 0.05) is 22.2 Å². The van der Waals surface area contributed by atoms with Gasteiger partial charge in [0.25, 0.3) is 0 Å². The Labute approximate surface area is 202 Å². The molecule has 0 amide bonds. The first kappa shape index (κ1) is 23.3. The zero-order valence-electron chi connectivity index (χ0n) is 19.4. The van der Waals surface area contributed by atoms with Crippen molar-refractivity contribution in [3.05, 3.63) is 70.6 Å². The topological polar surface area (TPSA) is 77.4 Å². The lowest BCUT2D eigenvalue weighted by atomic mass is 9.98. The van der Waals surface area contributed by atoms with Crippen LogP contribution in [0.3, 0.4) is 0 Å². The van der Waals surface area contributed by atoms with Gasteiger partial charge in [-0.15, -0.1) is 11.3 Å². The first-order valence-electron chi connectivity index (χ1n) is 10.7. The summed E-state index contributed by atoms with van der Waals surface area (Å²) in [6, 6.07) is 16.8. The van der Waals surface area contributed by atoms with Crippen LogP contribution >= 0.6 is 11.3 Å². The van der Waals surface area contributed by atoms with Crippen LogP contribution in [0.15, 0.2) is 59.6 Å². The first-order chi connectivity index (χ1) is 16.4. The van der Waals surface area contributed by atoms with Crippen molar-refractivity contribution >= 4 is 39.3 Å². The molecule has 0 aliphatic heterocycles. The lowest BCUT2D eigenvalue weighted by Gasteiger charge is -2.09. The zero-order valence-corrected chi connectivity index (χ0v) is 20.2. The maximum atomic E-state index is 13.0. The Bertz CT molecular complexity index is 1390. The summed E-state index contributed by atoms with van der Waals surface area (Å²) in [6.45, 7) is 3.99. The van der Waals surface area contributed by atoms with Crippen LogP contribution in [-0.4, -0.2) is 38.1 Å². The van der Waals surface area contributed by atoms with E-state index in [4.69, 9.17) is 14.2 Å². The molecule has 34 heavy (non-hydrogen) atoms. The third-order valence-corrected chi connectivity index (χ3v) is 6.45. The number of hydrogen-bond acceptors (Lipinski definition) is 7. The predicted molar refractivity (Wildman–Crippen MR) is 136 cm³/mol. The molecule has 0 unspecified atom stereocenters. The molecule has 0 saturated heterocycles. The largest absolute Gasteiger partial charge is 0.507 e. The number of phenolic OH excluding ortho intramolecular Hbond substituents is 1. The molecule has 0 fully saturated rings. The number of carbonyl (C=O) groups is 1. The van der Waals surface area contributed by atoms with E-state index in [-0.39, 0.29) is 12.4 Å². The van der Waals surface area contributed by atoms with Gasteiger partial charge in [-0.05, 0) is 66.6 Å². The average molecular weight is 476 g/mol. The molecular formula is C27H25NO5S. The van der Waals surface area contributed by atoms with Gasteiger partial charge < -0.3 is 19.3 Å². The summed E-state index contributed by atoms with van der Waals surface area (Å²) in [6.07, 6.45) is 1.53. The number of aromatic hydroxyl groups is 1. The molecule has 0 saturated carbocycles. The van der Waals surface area contributed by atoms with E-state index in [0.717, 1.165) is 32.5 Å². The van der Waals surface area contributed by atoms with Crippen molar-refractivity contribution in [2.24, 2.45) is 4.99 Å². The van der Waals surface area contributed by atoms with Crippen LogP contribution in [0.1, 0.15) is 27.7 Å². The highest BCUT2D eigenvalue weighted by Gasteiger charge is 2.24. The van der Waals surface area contributed by atoms with Crippen molar-refractivity contribution < 1.29 is 24.1 Å². The molecule has 1 heterocycles. The van der Waals surface area contributed by atoms with Crippen LogP contribution in [0.25, 0.3) is 21.9 Å². The molecule has 0 aliphatic rings. The summed E-state index contributed by atoms with van der Waals surface area (Å²) >= 11 is 1.40. The third-order valence-electron chi connectivity index (χ3n) is 5.44. The van der Waals surface area contributed by atoms with E-state index in [1.54, 1.807) is 39.3 Å². The molecule has 7 heteroatoms. The molecule has 1 N–H and O–H groups in total. The normalized spacial score (nSPS) is 11.2. The standard InChI is InChI=1S/C27H25NO5S/c1-5-33-27(30)25-24(19-7-6-18-13-21(31-3)9-8-17(18)12-19)16(2)34-26(25)28-15-20-14-22(32-4)10-11-23(20)29/h6-15,29H,5H2,1-4H3. The molecule has 174 valence electrons. The van der Waals surface area contributed by atoms with Gasteiger partial charge in [-0.25, -0.2) is 9.79 Å². The Balaban J connectivity index is 1.83. The lowest BCUT2D eigenvalue weighted by Crippen LogP contribution is -2.05. The van der Waals surface area contributed by atoms with Gasteiger partial charge in [-0.1, -0.05) is 18.2 Å². The van der Waals surface area contributed by atoms with Crippen LogP contribution in [0.2, 0.25) is 0 Å². The summed E-state index contributed by atoms with van der Waals surface area (Å²) in [5.74, 6) is 1.02. The number of aliphatic imine (C=N–C) groups is 1. The summed E-state index contributed by atoms with van der Waals surface area (Å²) in [7, 11) is 3.20. The highest BCUT2D eigenvalue weighted by molar-refractivity contribution is 7.16. The van der Waals surface area contributed by atoms with E-state index in [1.165, 1.54) is 17.6 Å². The van der Waals surface area contributed by atoms with E-state index >= 15 is 0 Å². The predicted octanol–water partition coefficient (Wildman–Crippen LogP) is 6.53. The Morgan fingerprint density at radius 2 is 1.68 bits per heavy atom. The summed E-state index contributed by atoms with van der Waals surface area (Å²) in [5.41, 5.74) is 2.60. The number of carbonyl (C=O) groups excluding carboxylic acids is 1. The van der Waals surface area contributed by atoms with Crippen LogP contribution < -0.4 is 9.47 Å². The number of benzene rings is 3. The average Bonchev–Trinajstić information content (AvgIpc) is 3.19. The summed E-state index contributed by atoms with van der Waals surface area (Å²) in [4.78, 5) is 18.5. The quantitative estimate of drug-likeness (QED) is 0.243. The molecule has 0 aliphatic carbocycles. The number of ether oxygens (including phenoxy) is 3. The van der Waals surface area contributed by atoms with Crippen molar-refractivity contribution in [2.75, 3.05) is 20.8 Å². The molecule has 4 aromatic rings. The number of aryl methyl sites for hydroxylation is 1. The fraction of sp³-hybridized carbons (Fsp3) is 0.185. The minimum Gasteiger partial charge on any atom is -0.507 e. The minimum absolute atomic E-state index is 0.0701. The molecule has 0 atom stereocenters. The molecule has 0 radical (unpaired) electrons. The second-order valence-electron chi connectivity index (χ2n) is 7.54. The van der Waals surface area contributed by atoms with Crippen molar-refractivity contribution in [3.63, 3.8) is 0 Å².